The lowest BCUT2D eigenvalue weighted by molar-refractivity contribution is 0.538. The molecule has 0 saturated carbocycles. The number of sulfonamides is 1. The van der Waals surface area contributed by atoms with Crippen molar-refractivity contribution in [3.05, 3.63) is 59.9 Å². The maximum absolute atomic E-state index is 13.5. The topological polar surface area (TPSA) is 59.1 Å². The summed E-state index contributed by atoms with van der Waals surface area (Å²) < 4.78 is 53.0. The molecule has 2 aromatic rings. The molecule has 2 rings (SSSR count). The molecule has 0 aliphatic rings. The van der Waals surface area contributed by atoms with E-state index in [4.69, 9.17) is 0 Å². The van der Waals surface area contributed by atoms with Gasteiger partial charge in [-0.2, -0.15) is 0 Å². The fraction of sp³-hybridized carbons (Fsp3) is 0.154. The molecule has 1 aromatic heterocycles. The van der Waals surface area contributed by atoms with Crippen molar-refractivity contribution < 1.29 is 17.2 Å². The van der Waals surface area contributed by atoms with Crippen LogP contribution in [0.4, 0.5) is 8.78 Å². The predicted octanol–water partition coefficient (Wildman–Crippen LogP) is 2.40. The number of rotatable bonds is 4. The van der Waals surface area contributed by atoms with Gasteiger partial charge >= 0.3 is 0 Å². The number of benzene rings is 1. The Kier molecular flexibility index (Phi) is 4.10. The van der Waals surface area contributed by atoms with Crippen molar-refractivity contribution in [2.24, 2.45) is 0 Å². The highest BCUT2D eigenvalue weighted by atomic mass is 32.2. The fourth-order valence-corrected chi connectivity index (χ4v) is 3.00. The van der Waals surface area contributed by atoms with Crippen LogP contribution in [0, 0.1) is 11.6 Å². The van der Waals surface area contributed by atoms with Crippen LogP contribution in [0.15, 0.2) is 47.6 Å². The first-order chi connectivity index (χ1) is 9.40. The molecule has 0 bridgehead atoms. The SMILES string of the molecule is CC(NS(=O)(=O)c1cc(F)ccc1F)c1cccnc1. The van der Waals surface area contributed by atoms with Crippen LogP contribution in [-0.2, 0) is 10.0 Å². The van der Waals surface area contributed by atoms with Gasteiger partial charge in [0.15, 0.2) is 0 Å². The second-order valence-corrected chi connectivity index (χ2v) is 5.89. The molecule has 0 spiro atoms. The Hall–Kier alpha value is -1.86. The fourth-order valence-electron chi connectivity index (χ4n) is 1.68. The van der Waals surface area contributed by atoms with E-state index >= 15 is 0 Å². The molecule has 106 valence electrons. The summed E-state index contributed by atoms with van der Waals surface area (Å²) in [7, 11) is -4.15. The van der Waals surface area contributed by atoms with Crippen LogP contribution >= 0.6 is 0 Å². The minimum atomic E-state index is -4.15. The number of hydrogen-bond acceptors (Lipinski definition) is 3. The van der Waals surface area contributed by atoms with E-state index in [1.165, 1.54) is 6.20 Å². The number of nitrogens with one attached hydrogen (secondary N) is 1. The molecular weight excluding hydrogens is 286 g/mol. The average Bonchev–Trinajstić information content (AvgIpc) is 2.42. The van der Waals surface area contributed by atoms with E-state index in [9.17, 15) is 17.2 Å². The molecule has 0 saturated heterocycles. The Morgan fingerprint density at radius 2 is 2.00 bits per heavy atom. The first-order valence-corrected chi connectivity index (χ1v) is 7.26. The molecule has 20 heavy (non-hydrogen) atoms. The quantitative estimate of drug-likeness (QED) is 0.943. The standard InChI is InChI=1S/C13H12F2N2O2S/c1-9(10-3-2-6-16-8-10)17-20(18,19)13-7-11(14)4-5-12(13)15/h2-9,17H,1H3. The summed E-state index contributed by atoms with van der Waals surface area (Å²) >= 11 is 0. The second-order valence-electron chi connectivity index (χ2n) is 4.20. The lowest BCUT2D eigenvalue weighted by Crippen LogP contribution is -2.27. The third-order valence-corrected chi connectivity index (χ3v) is 4.25. The first-order valence-electron chi connectivity index (χ1n) is 5.77. The van der Waals surface area contributed by atoms with E-state index < -0.39 is 32.6 Å². The predicted molar refractivity (Wildman–Crippen MR) is 69.3 cm³/mol. The summed E-state index contributed by atoms with van der Waals surface area (Å²) in [5.41, 5.74) is 0.618. The zero-order valence-corrected chi connectivity index (χ0v) is 11.4. The first kappa shape index (κ1) is 14.5. The Labute approximate surface area is 115 Å². The van der Waals surface area contributed by atoms with Crippen molar-refractivity contribution in [1.82, 2.24) is 9.71 Å². The van der Waals surface area contributed by atoms with Crippen LogP contribution in [-0.4, -0.2) is 13.4 Å². The van der Waals surface area contributed by atoms with Gasteiger partial charge in [0.25, 0.3) is 0 Å². The van der Waals surface area contributed by atoms with Gasteiger partial charge in [-0.1, -0.05) is 6.07 Å². The van der Waals surface area contributed by atoms with Crippen molar-refractivity contribution >= 4 is 10.0 Å². The zero-order chi connectivity index (χ0) is 14.8. The average molecular weight is 298 g/mol. The van der Waals surface area contributed by atoms with Crippen molar-refractivity contribution in [3.8, 4) is 0 Å². The van der Waals surface area contributed by atoms with Crippen LogP contribution in [0.5, 0.6) is 0 Å². The van der Waals surface area contributed by atoms with E-state index in [2.05, 4.69) is 9.71 Å². The van der Waals surface area contributed by atoms with Gasteiger partial charge in [0.1, 0.15) is 16.5 Å². The Bertz CT molecular complexity index is 706. The van der Waals surface area contributed by atoms with E-state index in [0.29, 0.717) is 11.6 Å². The van der Waals surface area contributed by atoms with Crippen LogP contribution in [0.25, 0.3) is 0 Å². The summed E-state index contributed by atoms with van der Waals surface area (Å²) in [6.07, 6.45) is 3.05. The number of halogens is 2. The van der Waals surface area contributed by atoms with Gasteiger partial charge < -0.3 is 0 Å². The molecule has 0 radical (unpaired) electrons. The highest BCUT2D eigenvalue weighted by Gasteiger charge is 2.22. The molecule has 0 aliphatic carbocycles. The van der Waals surface area contributed by atoms with E-state index in [0.717, 1.165) is 12.1 Å². The van der Waals surface area contributed by atoms with Gasteiger partial charge in [-0.3, -0.25) is 4.98 Å². The van der Waals surface area contributed by atoms with Crippen LogP contribution in [0.2, 0.25) is 0 Å². The lowest BCUT2D eigenvalue weighted by atomic mass is 10.2. The molecule has 1 aromatic carbocycles. The molecule has 0 aliphatic heterocycles. The third kappa shape index (κ3) is 3.17. The van der Waals surface area contributed by atoms with Gasteiger partial charge in [-0.25, -0.2) is 21.9 Å². The van der Waals surface area contributed by atoms with Gasteiger partial charge in [-0.05, 0) is 36.8 Å². The second kappa shape index (κ2) is 5.64. The van der Waals surface area contributed by atoms with Crippen LogP contribution in [0.1, 0.15) is 18.5 Å². The molecule has 4 nitrogen and oxygen atoms in total. The molecule has 1 unspecified atom stereocenters. The summed E-state index contributed by atoms with van der Waals surface area (Å²) in [5, 5.41) is 0. The highest BCUT2D eigenvalue weighted by molar-refractivity contribution is 7.89. The van der Waals surface area contributed by atoms with Gasteiger partial charge in [0.05, 0.1) is 0 Å². The number of aromatic nitrogens is 1. The zero-order valence-electron chi connectivity index (χ0n) is 10.5. The maximum atomic E-state index is 13.5. The maximum Gasteiger partial charge on any atom is 0.244 e. The van der Waals surface area contributed by atoms with Crippen LogP contribution < -0.4 is 4.72 Å². The summed E-state index contributed by atoms with van der Waals surface area (Å²) in [6.45, 7) is 1.59. The molecule has 0 amide bonds. The van der Waals surface area contributed by atoms with Gasteiger partial charge in [0.2, 0.25) is 10.0 Å². The van der Waals surface area contributed by atoms with Crippen molar-refractivity contribution in [3.63, 3.8) is 0 Å². The normalized spacial score (nSPS) is 13.2. The van der Waals surface area contributed by atoms with E-state index in [-0.39, 0.29) is 0 Å². The minimum absolute atomic E-state index is 0.614. The molecule has 1 N–H and O–H groups in total. The number of nitrogens with zero attached hydrogens (tertiary/aromatic N) is 1. The summed E-state index contributed by atoms with van der Waals surface area (Å²) in [5.74, 6) is -1.82. The van der Waals surface area contributed by atoms with Gasteiger partial charge in [-0.15, -0.1) is 0 Å². The minimum Gasteiger partial charge on any atom is -0.264 e. The largest absolute Gasteiger partial charge is 0.264 e. The number of hydrogen-bond donors (Lipinski definition) is 1. The summed E-state index contributed by atoms with van der Waals surface area (Å²) in [4.78, 5) is 3.16. The lowest BCUT2D eigenvalue weighted by Gasteiger charge is -2.14. The smallest absolute Gasteiger partial charge is 0.244 e. The van der Waals surface area contributed by atoms with Crippen molar-refractivity contribution in [1.29, 1.82) is 0 Å². The van der Waals surface area contributed by atoms with Crippen LogP contribution in [0.3, 0.4) is 0 Å². The van der Waals surface area contributed by atoms with E-state index in [1.54, 1.807) is 25.3 Å². The highest BCUT2D eigenvalue weighted by Crippen LogP contribution is 2.19. The monoisotopic (exact) mass is 298 g/mol. The Morgan fingerprint density at radius 3 is 2.65 bits per heavy atom. The molecule has 1 heterocycles. The van der Waals surface area contributed by atoms with Gasteiger partial charge in [0, 0.05) is 18.4 Å². The Balaban J connectivity index is 2.30. The molecular formula is C13H12F2N2O2S. The van der Waals surface area contributed by atoms with Crippen molar-refractivity contribution in [2.45, 2.75) is 17.9 Å². The molecule has 0 fully saturated rings. The molecule has 7 heteroatoms. The Morgan fingerprint density at radius 1 is 1.25 bits per heavy atom. The summed E-state index contributed by atoms with van der Waals surface area (Å²) in [6, 6.07) is 5.01. The van der Waals surface area contributed by atoms with E-state index in [1.807, 2.05) is 0 Å². The number of pyridine rings is 1. The molecule has 1 atom stereocenters. The third-order valence-electron chi connectivity index (χ3n) is 2.70. The van der Waals surface area contributed by atoms with Crippen molar-refractivity contribution in [2.75, 3.05) is 0 Å².